The Hall–Kier alpha value is -1.42. The highest BCUT2D eigenvalue weighted by atomic mass is 16.1. The lowest BCUT2D eigenvalue weighted by Crippen LogP contribution is -2.35. The number of rotatable bonds is 4. The Morgan fingerprint density at radius 3 is 3.19 bits per heavy atom. The van der Waals surface area contributed by atoms with E-state index in [9.17, 15) is 4.79 Å². The summed E-state index contributed by atoms with van der Waals surface area (Å²) in [6, 6.07) is 2.32. The van der Waals surface area contributed by atoms with Gasteiger partial charge >= 0.3 is 0 Å². The minimum atomic E-state index is 0.173. The number of carbonyl (C=O) groups is 1. The summed E-state index contributed by atoms with van der Waals surface area (Å²) in [7, 11) is 0. The Morgan fingerprint density at radius 1 is 1.62 bits per heavy atom. The molecule has 86 valence electrons. The summed E-state index contributed by atoms with van der Waals surface area (Å²) in [6.45, 7) is 3.73. The second kappa shape index (κ2) is 5.07. The summed E-state index contributed by atoms with van der Waals surface area (Å²) >= 11 is 0. The molecule has 0 bridgehead atoms. The molecule has 4 heteroatoms. The van der Waals surface area contributed by atoms with Gasteiger partial charge in [-0.05, 0) is 30.5 Å². The van der Waals surface area contributed by atoms with Gasteiger partial charge in [0.25, 0.3) is 0 Å². The van der Waals surface area contributed by atoms with Gasteiger partial charge in [-0.25, -0.2) is 0 Å². The largest absolute Gasteiger partial charge is 0.352 e. The number of aromatic nitrogens is 1. The van der Waals surface area contributed by atoms with Crippen LogP contribution in [0.1, 0.15) is 24.0 Å². The van der Waals surface area contributed by atoms with E-state index >= 15 is 0 Å². The maximum atomic E-state index is 11.0. The zero-order valence-corrected chi connectivity index (χ0v) is 9.49. The van der Waals surface area contributed by atoms with E-state index < -0.39 is 0 Å². The fraction of sp³-hybridized carbons (Fsp3) is 0.500. The lowest BCUT2D eigenvalue weighted by atomic mass is 10.1. The molecular weight excluding hydrogens is 202 g/mol. The maximum absolute atomic E-state index is 11.0. The van der Waals surface area contributed by atoms with Crippen LogP contribution in [-0.4, -0.2) is 23.5 Å². The number of nitrogens with one attached hydrogen (secondary N) is 2. The zero-order valence-electron chi connectivity index (χ0n) is 9.49. The fourth-order valence-corrected chi connectivity index (χ4v) is 1.91. The lowest BCUT2D eigenvalue weighted by molar-refractivity contribution is -0.119. The molecular formula is C12H17N3O. The van der Waals surface area contributed by atoms with Gasteiger partial charge in [0.1, 0.15) is 0 Å². The number of hydrogen-bond donors (Lipinski definition) is 2. The van der Waals surface area contributed by atoms with Crippen LogP contribution in [0.15, 0.2) is 18.5 Å². The SMILES string of the molecule is Cc1cnccc1CNCC1CCC(=O)N1. The van der Waals surface area contributed by atoms with Crippen molar-refractivity contribution in [1.82, 2.24) is 15.6 Å². The number of nitrogens with zero attached hydrogens (tertiary/aromatic N) is 1. The number of amides is 1. The smallest absolute Gasteiger partial charge is 0.220 e. The first-order valence-electron chi connectivity index (χ1n) is 5.65. The molecule has 1 unspecified atom stereocenters. The molecule has 2 rings (SSSR count). The van der Waals surface area contributed by atoms with Crippen LogP contribution in [-0.2, 0) is 11.3 Å². The van der Waals surface area contributed by atoms with Gasteiger partial charge in [0.15, 0.2) is 0 Å². The number of hydrogen-bond acceptors (Lipinski definition) is 3. The molecule has 2 N–H and O–H groups in total. The van der Waals surface area contributed by atoms with Crippen molar-refractivity contribution in [2.45, 2.75) is 32.4 Å². The molecule has 0 aliphatic carbocycles. The van der Waals surface area contributed by atoms with Crippen LogP contribution in [0.25, 0.3) is 0 Å². The van der Waals surface area contributed by atoms with Crippen molar-refractivity contribution in [3.63, 3.8) is 0 Å². The third-order valence-electron chi connectivity index (χ3n) is 2.93. The van der Waals surface area contributed by atoms with E-state index in [0.717, 1.165) is 19.5 Å². The van der Waals surface area contributed by atoms with E-state index in [-0.39, 0.29) is 5.91 Å². The Bertz CT molecular complexity index is 378. The van der Waals surface area contributed by atoms with Crippen LogP contribution in [0.2, 0.25) is 0 Å². The molecule has 0 spiro atoms. The summed E-state index contributed by atoms with van der Waals surface area (Å²) in [5.74, 6) is 0.173. The third kappa shape index (κ3) is 2.79. The molecule has 1 fully saturated rings. The first-order valence-corrected chi connectivity index (χ1v) is 5.65. The minimum Gasteiger partial charge on any atom is -0.352 e. The summed E-state index contributed by atoms with van der Waals surface area (Å²) < 4.78 is 0. The van der Waals surface area contributed by atoms with Gasteiger partial charge in [0, 0.05) is 37.9 Å². The van der Waals surface area contributed by atoms with Gasteiger partial charge in [0.05, 0.1) is 0 Å². The van der Waals surface area contributed by atoms with Gasteiger partial charge < -0.3 is 10.6 Å². The monoisotopic (exact) mass is 219 g/mol. The molecule has 2 heterocycles. The molecule has 1 aliphatic rings. The first kappa shape index (κ1) is 11.1. The van der Waals surface area contributed by atoms with Crippen molar-refractivity contribution < 1.29 is 4.79 Å². The van der Waals surface area contributed by atoms with Crippen LogP contribution in [0, 0.1) is 6.92 Å². The van der Waals surface area contributed by atoms with Gasteiger partial charge in [-0.3, -0.25) is 9.78 Å². The van der Waals surface area contributed by atoms with Gasteiger partial charge in [-0.1, -0.05) is 0 Å². The first-order chi connectivity index (χ1) is 7.75. The normalized spacial score (nSPS) is 19.8. The molecule has 1 aliphatic heterocycles. The maximum Gasteiger partial charge on any atom is 0.220 e. The van der Waals surface area contributed by atoms with Crippen LogP contribution in [0.3, 0.4) is 0 Å². The number of carbonyl (C=O) groups excluding carboxylic acids is 1. The molecule has 0 radical (unpaired) electrons. The van der Waals surface area contributed by atoms with Crippen molar-refractivity contribution in [3.8, 4) is 0 Å². The van der Waals surface area contributed by atoms with Gasteiger partial charge in [0.2, 0.25) is 5.91 Å². The Kier molecular flexibility index (Phi) is 3.51. The van der Waals surface area contributed by atoms with Crippen LogP contribution in [0.4, 0.5) is 0 Å². The number of pyridine rings is 1. The third-order valence-corrected chi connectivity index (χ3v) is 2.93. The van der Waals surface area contributed by atoms with E-state index in [1.54, 1.807) is 6.20 Å². The van der Waals surface area contributed by atoms with E-state index in [1.807, 2.05) is 12.3 Å². The van der Waals surface area contributed by atoms with E-state index in [0.29, 0.717) is 12.5 Å². The quantitative estimate of drug-likeness (QED) is 0.786. The van der Waals surface area contributed by atoms with Gasteiger partial charge in [-0.15, -0.1) is 0 Å². The second-order valence-corrected chi connectivity index (χ2v) is 4.24. The molecule has 1 aromatic rings. The molecule has 1 aromatic heterocycles. The molecule has 1 amide bonds. The zero-order chi connectivity index (χ0) is 11.4. The summed E-state index contributed by atoms with van der Waals surface area (Å²) in [5.41, 5.74) is 2.46. The van der Waals surface area contributed by atoms with E-state index in [2.05, 4.69) is 22.5 Å². The van der Waals surface area contributed by atoms with E-state index in [4.69, 9.17) is 0 Å². The highest BCUT2D eigenvalue weighted by Crippen LogP contribution is 2.07. The van der Waals surface area contributed by atoms with Crippen molar-refractivity contribution in [1.29, 1.82) is 0 Å². The predicted molar refractivity (Wildman–Crippen MR) is 61.8 cm³/mol. The number of aryl methyl sites for hydroxylation is 1. The Labute approximate surface area is 95.5 Å². The van der Waals surface area contributed by atoms with Crippen molar-refractivity contribution in [2.75, 3.05) is 6.54 Å². The minimum absolute atomic E-state index is 0.173. The summed E-state index contributed by atoms with van der Waals surface area (Å²) in [6.07, 6.45) is 5.29. The predicted octanol–water partition coefficient (Wildman–Crippen LogP) is 0.758. The molecule has 0 aromatic carbocycles. The van der Waals surface area contributed by atoms with E-state index in [1.165, 1.54) is 11.1 Å². The van der Waals surface area contributed by atoms with Crippen LogP contribution in [0.5, 0.6) is 0 Å². The Balaban J connectivity index is 1.76. The average molecular weight is 219 g/mol. The van der Waals surface area contributed by atoms with Gasteiger partial charge in [-0.2, -0.15) is 0 Å². The summed E-state index contributed by atoms with van der Waals surface area (Å²) in [4.78, 5) is 15.0. The molecule has 1 atom stereocenters. The lowest BCUT2D eigenvalue weighted by Gasteiger charge is -2.12. The average Bonchev–Trinajstić information content (AvgIpc) is 2.67. The standard InChI is InChI=1S/C12H17N3O/c1-9-6-13-5-4-10(9)7-14-8-11-2-3-12(16)15-11/h4-6,11,14H,2-3,7-8H2,1H3,(H,15,16). The highest BCUT2D eigenvalue weighted by molar-refractivity contribution is 5.78. The Morgan fingerprint density at radius 2 is 2.50 bits per heavy atom. The molecule has 16 heavy (non-hydrogen) atoms. The summed E-state index contributed by atoms with van der Waals surface area (Å²) in [5, 5.41) is 6.30. The molecule has 4 nitrogen and oxygen atoms in total. The molecule has 1 saturated heterocycles. The second-order valence-electron chi connectivity index (χ2n) is 4.24. The van der Waals surface area contributed by atoms with Crippen LogP contribution < -0.4 is 10.6 Å². The fourth-order valence-electron chi connectivity index (χ4n) is 1.91. The van der Waals surface area contributed by atoms with Crippen molar-refractivity contribution >= 4 is 5.91 Å². The topological polar surface area (TPSA) is 54.0 Å². The highest BCUT2D eigenvalue weighted by Gasteiger charge is 2.19. The van der Waals surface area contributed by atoms with Crippen LogP contribution >= 0.6 is 0 Å². The van der Waals surface area contributed by atoms with Crippen molar-refractivity contribution in [3.05, 3.63) is 29.6 Å². The van der Waals surface area contributed by atoms with Crippen molar-refractivity contribution in [2.24, 2.45) is 0 Å². The molecule has 0 saturated carbocycles.